The maximum atomic E-state index is 3.99. The summed E-state index contributed by atoms with van der Waals surface area (Å²) in [6.45, 7) is 5.35. The molecule has 0 aromatic carbocycles. The van der Waals surface area contributed by atoms with Crippen molar-refractivity contribution >= 4 is 18.7 Å². The molecule has 0 bridgehead atoms. The van der Waals surface area contributed by atoms with E-state index < -0.39 is 0 Å². The summed E-state index contributed by atoms with van der Waals surface area (Å²) in [7, 11) is 1.71. The Kier molecular flexibility index (Phi) is 3.35. The standard InChI is InChI=1S/C5H10N2S/c1-4-7(8)5(2)6-3/h4,8H,1H2,2-3H3/b6-5+. The molecule has 0 heterocycles. The lowest BCUT2D eigenvalue weighted by Gasteiger charge is -2.08. The van der Waals surface area contributed by atoms with Crippen LogP contribution in [0.5, 0.6) is 0 Å². The monoisotopic (exact) mass is 130 g/mol. The van der Waals surface area contributed by atoms with Gasteiger partial charge in [0.1, 0.15) is 5.84 Å². The number of aliphatic imine (C=N–C) groups is 1. The lowest BCUT2D eigenvalue weighted by molar-refractivity contribution is 0.929. The van der Waals surface area contributed by atoms with Crippen LogP contribution in [-0.2, 0) is 0 Å². The molecule has 0 aromatic heterocycles. The van der Waals surface area contributed by atoms with E-state index in [4.69, 9.17) is 0 Å². The van der Waals surface area contributed by atoms with Gasteiger partial charge >= 0.3 is 0 Å². The zero-order chi connectivity index (χ0) is 6.57. The molecule has 8 heavy (non-hydrogen) atoms. The van der Waals surface area contributed by atoms with Crippen molar-refractivity contribution in [3.8, 4) is 0 Å². The maximum absolute atomic E-state index is 3.99. The van der Waals surface area contributed by atoms with Gasteiger partial charge in [0.25, 0.3) is 0 Å². The first-order valence-corrected chi connectivity index (χ1v) is 2.66. The Morgan fingerprint density at radius 1 is 1.88 bits per heavy atom. The van der Waals surface area contributed by atoms with E-state index in [1.807, 2.05) is 6.92 Å². The third kappa shape index (κ3) is 2.02. The minimum atomic E-state index is 0.836. The van der Waals surface area contributed by atoms with Crippen LogP contribution in [0, 0.1) is 0 Å². The lowest BCUT2D eigenvalue weighted by Crippen LogP contribution is -2.10. The first-order chi connectivity index (χ1) is 3.72. The van der Waals surface area contributed by atoms with E-state index in [2.05, 4.69) is 24.4 Å². The second kappa shape index (κ2) is 3.55. The summed E-state index contributed by atoms with van der Waals surface area (Å²) in [6.07, 6.45) is 1.59. The average molecular weight is 130 g/mol. The summed E-state index contributed by atoms with van der Waals surface area (Å²) >= 11 is 3.99. The first kappa shape index (κ1) is 7.56. The van der Waals surface area contributed by atoms with Crippen LogP contribution in [-0.4, -0.2) is 17.2 Å². The topological polar surface area (TPSA) is 15.6 Å². The molecule has 0 aliphatic heterocycles. The van der Waals surface area contributed by atoms with Gasteiger partial charge in [0.2, 0.25) is 0 Å². The number of hydrogen-bond acceptors (Lipinski definition) is 2. The summed E-state index contributed by atoms with van der Waals surface area (Å²) in [5.41, 5.74) is 0. The van der Waals surface area contributed by atoms with Gasteiger partial charge in [-0.2, -0.15) is 0 Å². The van der Waals surface area contributed by atoms with E-state index >= 15 is 0 Å². The average Bonchev–Trinajstić information content (AvgIpc) is 1.84. The molecule has 0 saturated heterocycles. The summed E-state index contributed by atoms with van der Waals surface area (Å²) in [4.78, 5) is 3.85. The molecule has 3 heteroatoms. The van der Waals surface area contributed by atoms with Gasteiger partial charge in [-0.3, -0.25) is 9.30 Å². The van der Waals surface area contributed by atoms with Crippen LogP contribution in [0.2, 0.25) is 0 Å². The van der Waals surface area contributed by atoms with Crippen LogP contribution in [0.4, 0.5) is 0 Å². The Hall–Kier alpha value is -0.440. The van der Waals surface area contributed by atoms with Gasteiger partial charge < -0.3 is 0 Å². The molecule has 0 saturated carbocycles. The second-order valence-corrected chi connectivity index (χ2v) is 1.73. The highest BCUT2D eigenvalue weighted by molar-refractivity contribution is 7.78. The van der Waals surface area contributed by atoms with Gasteiger partial charge in [0.15, 0.2) is 0 Å². The third-order valence-electron chi connectivity index (χ3n) is 0.828. The van der Waals surface area contributed by atoms with Gasteiger partial charge in [-0.25, -0.2) is 0 Å². The molecular weight excluding hydrogens is 120 g/mol. The van der Waals surface area contributed by atoms with Crippen molar-refractivity contribution in [2.24, 2.45) is 4.99 Å². The van der Waals surface area contributed by atoms with Crippen LogP contribution in [0.15, 0.2) is 17.8 Å². The SMILES string of the molecule is C=CN(S)/C(C)=N/C. The summed E-state index contributed by atoms with van der Waals surface area (Å²) in [6, 6.07) is 0. The highest BCUT2D eigenvalue weighted by Gasteiger charge is 1.90. The predicted molar refractivity (Wildman–Crippen MR) is 40.1 cm³/mol. The second-order valence-electron chi connectivity index (χ2n) is 1.30. The van der Waals surface area contributed by atoms with E-state index in [-0.39, 0.29) is 0 Å². The van der Waals surface area contributed by atoms with Gasteiger partial charge in [0, 0.05) is 13.2 Å². The molecule has 0 spiro atoms. The van der Waals surface area contributed by atoms with Crippen LogP contribution in [0.3, 0.4) is 0 Å². The fourth-order valence-electron chi connectivity index (χ4n) is 0.235. The van der Waals surface area contributed by atoms with Crippen molar-refractivity contribution in [2.45, 2.75) is 6.92 Å². The molecule has 0 fully saturated rings. The first-order valence-electron chi connectivity index (χ1n) is 2.26. The van der Waals surface area contributed by atoms with Crippen molar-refractivity contribution in [3.05, 3.63) is 12.8 Å². The van der Waals surface area contributed by atoms with E-state index in [0.717, 1.165) is 5.84 Å². The van der Waals surface area contributed by atoms with Crippen LogP contribution in [0.1, 0.15) is 6.92 Å². The number of amidine groups is 1. The molecule has 0 aromatic rings. The Morgan fingerprint density at radius 3 is 2.50 bits per heavy atom. The number of thiol groups is 1. The largest absolute Gasteiger partial charge is 0.283 e. The van der Waals surface area contributed by atoms with Crippen LogP contribution < -0.4 is 0 Å². The zero-order valence-corrected chi connectivity index (χ0v) is 6.02. The van der Waals surface area contributed by atoms with Crippen molar-refractivity contribution in [2.75, 3.05) is 7.05 Å². The maximum Gasteiger partial charge on any atom is 0.109 e. The normalized spacial score (nSPS) is 11.1. The van der Waals surface area contributed by atoms with Crippen LogP contribution in [0.25, 0.3) is 0 Å². The number of nitrogens with zero attached hydrogens (tertiary/aromatic N) is 2. The highest BCUT2D eigenvalue weighted by atomic mass is 32.1. The van der Waals surface area contributed by atoms with E-state index in [1.165, 1.54) is 0 Å². The Bertz CT molecular complexity index is 109. The minimum absolute atomic E-state index is 0.836. The Labute approximate surface area is 55.5 Å². The third-order valence-corrected chi connectivity index (χ3v) is 1.28. The van der Waals surface area contributed by atoms with Crippen molar-refractivity contribution in [1.29, 1.82) is 0 Å². The van der Waals surface area contributed by atoms with Gasteiger partial charge in [0.05, 0.1) is 0 Å². The highest BCUT2D eigenvalue weighted by Crippen LogP contribution is 1.93. The summed E-state index contributed by atoms with van der Waals surface area (Å²) in [5.74, 6) is 0.836. The molecule has 0 unspecified atom stereocenters. The molecule has 0 rings (SSSR count). The minimum Gasteiger partial charge on any atom is -0.283 e. The van der Waals surface area contributed by atoms with E-state index in [1.54, 1.807) is 17.6 Å². The molecule has 0 atom stereocenters. The fourth-order valence-corrected chi connectivity index (χ4v) is 0.324. The summed E-state index contributed by atoms with van der Waals surface area (Å²) in [5, 5.41) is 0. The van der Waals surface area contributed by atoms with Gasteiger partial charge in [-0.1, -0.05) is 19.4 Å². The summed E-state index contributed by atoms with van der Waals surface area (Å²) < 4.78 is 1.56. The van der Waals surface area contributed by atoms with Gasteiger partial charge in [-0.15, -0.1) is 0 Å². The number of hydrogen-bond donors (Lipinski definition) is 1. The van der Waals surface area contributed by atoms with E-state index in [9.17, 15) is 0 Å². The molecule has 46 valence electrons. The quantitative estimate of drug-likeness (QED) is 0.321. The van der Waals surface area contributed by atoms with Gasteiger partial charge in [-0.05, 0) is 6.92 Å². The molecule has 0 amide bonds. The Balaban J connectivity index is 3.81. The molecule has 0 aliphatic rings. The van der Waals surface area contributed by atoms with Crippen molar-refractivity contribution < 1.29 is 0 Å². The number of rotatable bonds is 1. The molecule has 0 N–H and O–H groups in total. The van der Waals surface area contributed by atoms with Crippen molar-refractivity contribution in [1.82, 2.24) is 4.31 Å². The molecular formula is C5H10N2S. The lowest BCUT2D eigenvalue weighted by atomic mass is 10.7. The zero-order valence-electron chi connectivity index (χ0n) is 5.13. The molecule has 2 nitrogen and oxygen atoms in total. The Morgan fingerprint density at radius 2 is 2.38 bits per heavy atom. The van der Waals surface area contributed by atoms with E-state index in [0.29, 0.717) is 0 Å². The molecule has 0 aliphatic carbocycles. The molecule has 0 radical (unpaired) electrons. The van der Waals surface area contributed by atoms with Crippen molar-refractivity contribution in [3.63, 3.8) is 0 Å². The van der Waals surface area contributed by atoms with Crippen LogP contribution >= 0.6 is 12.8 Å². The fraction of sp³-hybridized carbons (Fsp3) is 0.400. The smallest absolute Gasteiger partial charge is 0.109 e. The predicted octanol–water partition coefficient (Wildman–Crippen LogP) is 1.32.